The van der Waals surface area contributed by atoms with E-state index in [1.807, 2.05) is 0 Å². The number of pyridine rings is 1. The van der Waals surface area contributed by atoms with Crippen LogP contribution < -0.4 is 5.73 Å². The SMILES string of the molecule is CN(C=O)CC1C[C@H]1C(O)C#Cc1ccnc(-n2nc(C(N)=O)c3c2CCCC3)c1. The highest BCUT2D eigenvalue weighted by Gasteiger charge is 2.42. The Bertz CT molecular complexity index is 1040. The van der Waals surface area contributed by atoms with Crippen LogP contribution in [0.25, 0.3) is 5.82 Å². The molecular formula is C22H25N5O3. The van der Waals surface area contributed by atoms with Crippen molar-refractivity contribution >= 4 is 12.3 Å². The molecule has 3 atom stereocenters. The average molecular weight is 407 g/mol. The molecule has 156 valence electrons. The number of rotatable bonds is 6. The van der Waals surface area contributed by atoms with E-state index in [0.29, 0.717) is 29.5 Å². The number of carbonyl (C=O) groups is 2. The number of primary amides is 1. The topological polar surface area (TPSA) is 114 Å². The summed E-state index contributed by atoms with van der Waals surface area (Å²) in [6, 6.07) is 3.58. The van der Waals surface area contributed by atoms with Crippen molar-refractivity contribution in [2.75, 3.05) is 13.6 Å². The highest BCUT2D eigenvalue weighted by atomic mass is 16.3. The van der Waals surface area contributed by atoms with Crippen molar-refractivity contribution in [2.45, 2.75) is 38.2 Å². The number of aliphatic hydroxyl groups excluding tert-OH is 1. The van der Waals surface area contributed by atoms with Crippen LogP contribution in [0.2, 0.25) is 0 Å². The summed E-state index contributed by atoms with van der Waals surface area (Å²) in [5.74, 6) is 6.38. The van der Waals surface area contributed by atoms with E-state index in [-0.39, 0.29) is 5.92 Å². The molecule has 2 aromatic heterocycles. The quantitative estimate of drug-likeness (QED) is 0.540. The van der Waals surface area contributed by atoms with Gasteiger partial charge in [0.1, 0.15) is 6.10 Å². The summed E-state index contributed by atoms with van der Waals surface area (Å²) in [5, 5.41) is 14.8. The van der Waals surface area contributed by atoms with Crippen LogP contribution in [0.5, 0.6) is 0 Å². The second kappa shape index (κ2) is 8.28. The van der Waals surface area contributed by atoms with Gasteiger partial charge in [0.2, 0.25) is 6.41 Å². The molecule has 30 heavy (non-hydrogen) atoms. The van der Waals surface area contributed by atoms with E-state index >= 15 is 0 Å². The van der Waals surface area contributed by atoms with Gasteiger partial charge in [0.25, 0.3) is 5.91 Å². The van der Waals surface area contributed by atoms with Crippen molar-refractivity contribution in [1.82, 2.24) is 19.7 Å². The van der Waals surface area contributed by atoms with Gasteiger partial charge in [-0.2, -0.15) is 5.10 Å². The van der Waals surface area contributed by atoms with Gasteiger partial charge in [-0.25, -0.2) is 9.67 Å². The van der Waals surface area contributed by atoms with Crippen LogP contribution in [-0.2, 0) is 17.6 Å². The average Bonchev–Trinajstić information content (AvgIpc) is 3.40. The predicted molar refractivity (Wildman–Crippen MR) is 110 cm³/mol. The molecule has 0 aliphatic heterocycles. The zero-order chi connectivity index (χ0) is 21.3. The summed E-state index contributed by atoms with van der Waals surface area (Å²) in [6.45, 7) is 0.638. The molecule has 2 amide bonds. The van der Waals surface area contributed by atoms with Crippen LogP contribution in [0.1, 0.15) is 46.6 Å². The van der Waals surface area contributed by atoms with E-state index < -0.39 is 12.0 Å². The Balaban J connectivity index is 1.53. The lowest BCUT2D eigenvalue weighted by atomic mass is 9.95. The van der Waals surface area contributed by atoms with E-state index in [4.69, 9.17) is 5.73 Å². The van der Waals surface area contributed by atoms with Gasteiger partial charge in [0.15, 0.2) is 11.5 Å². The molecule has 0 bridgehead atoms. The Morgan fingerprint density at radius 3 is 3.03 bits per heavy atom. The maximum Gasteiger partial charge on any atom is 0.269 e. The zero-order valence-electron chi connectivity index (χ0n) is 16.9. The smallest absolute Gasteiger partial charge is 0.269 e. The third-order valence-electron chi connectivity index (χ3n) is 5.83. The van der Waals surface area contributed by atoms with Gasteiger partial charge in [0, 0.05) is 36.8 Å². The normalized spacial score (nSPS) is 20.5. The third kappa shape index (κ3) is 4.07. The maximum atomic E-state index is 11.8. The van der Waals surface area contributed by atoms with Crippen molar-refractivity contribution in [3.8, 4) is 17.7 Å². The highest BCUT2D eigenvalue weighted by Crippen LogP contribution is 2.41. The van der Waals surface area contributed by atoms with Crippen LogP contribution in [0, 0.1) is 23.7 Å². The fraction of sp³-hybridized carbons (Fsp3) is 0.455. The van der Waals surface area contributed by atoms with Gasteiger partial charge in [-0.1, -0.05) is 11.8 Å². The second-order valence-corrected chi connectivity index (χ2v) is 8.08. The number of nitrogens with zero attached hydrogens (tertiary/aromatic N) is 4. The van der Waals surface area contributed by atoms with Crippen molar-refractivity contribution in [3.05, 3.63) is 40.8 Å². The number of aromatic nitrogens is 3. The Labute approximate surface area is 175 Å². The van der Waals surface area contributed by atoms with Gasteiger partial charge in [-0.3, -0.25) is 9.59 Å². The van der Waals surface area contributed by atoms with Gasteiger partial charge in [-0.05, 0) is 50.2 Å². The van der Waals surface area contributed by atoms with E-state index in [0.717, 1.165) is 49.8 Å². The minimum Gasteiger partial charge on any atom is -0.380 e. The summed E-state index contributed by atoms with van der Waals surface area (Å²) in [4.78, 5) is 28.5. The number of hydrogen-bond acceptors (Lipinski definition) is 5. The van der Waals surface area contributed by atoms with E-state index in [1.165, 1.54) is 0 Å². The number of nitrogens with two attached hydrogens (primary N) is 1. The Hall–Kier alpha value is -3.18. The molecule has 8 heteroatoms. The molecule has 2 aromatic rings. The summed E-state index contributed by atoms with van der Waals surface area (Å²) >= 11 is 0. The molecule has 2 aliphatic carbocycles. The molecular weight excluding hydrogens is 382 g/mol. The molecule has 0 spiro atoms. The first-order chi connectivity index (χ1) is 14.5. The molecule has 2 aliphatic rings. The van der Waals surface area contributed by atoms with Gasteiger partial charge in [0.05, 0.1) is 5.69 Å². The summed E-state index contributed by atoms with van der Waals surface area (Å²) in [5.41, 5.74) is 8.44. The number of carbonyl (C=O) groups excluding carboxylic acids is 2. The number of hydrogen-bond donors (Lipinski definition) is 2. The maximum absolute atomic E-state index is 11.8. The Kier molecular flexibility index (Phi) is 5.55. The summed E-state index contributed by atoms with van der Waals surface area (Å²) < 4.78 is 1.70. The van der Waals surface area contributed by atoms with Crippen LogP contribution in [0.15, 0.2) is 18.3 Å². The molecule has 0 saturated heterocycles. The van der Waals surface area contributed by atoms with E-state index in [1.54, 1.807) is 35.0 Å². The first kappa shape index (κ1) is 20.1. The van der Waals surface area contributed by atoms with Crippen molar-refractivity contribution in [1.29, 1.82) is 0 Å². The second-order valence-electron chi connectivity index (χ2n) is 8.08. The zero-order valence-corrected chi connectivity index (χ0v) is 16.9. The fourth-order valence-electron chi connectivity index (χ4n) is 4.14. The minimum atomic E-state index is -0.731. The summed E-state index contributed by atoms with van der Waals surface area (Å²) in [6.07, 6.45) is 6.24. The van der Waals surface area contributed by atoms with Crippen LogP contribution in [0.4, 0.5) is 0 Å². The van der Waals surface area contributed by atoms with Crippen LogP contribution in [0.3, 0.4) is 0 Å². The van der Waals surface area contributed by atoms with E-state index in [9.17, 15) is 14.7 Å². The number of amides is 2. The van der Waals surface area contributed by atoms with Crippen LogP contribution in [-0.4, -0.2) is 56.8 Å². The van der Waals surface area contributed by atoms with Crippen molar-refractivity contribution in [3.63, 3.8) is 0 Å². The fourth-order valence-corrected chi connectivity index (χ4v) is 4.14. The summed E-state index contributed by atoms with van der Waals surface area (Å²) in [7, 11) is 1.73. The van der Waals surface area contributed by atoms with Gasteiger partial charge < -0.3 is 15.7 Å². The molecule has 1 fully saturated rings. The lowest BCUT2D eigenvalue weighted by molar-refractivity contribution is -0.117. The molecule has 8 nitrogen and oxygen atoms in total. The molecule has 0 radical (unpaired) electrons. The lowest BCUT2D eigenvalue weighted by Gasteiger charge is -2.13. The Morgan fingerprint density at radius 1 is 1.47 bits per heavy atom. The van der Waals surface area contributed by atoms with Crippen molar-refractivity contribution < 1.29 is 14.7 Å². The molecule has 1 saturated carbocycles. The van der Waals surface area contributed by atoms with Gasteiger partial charge >= 0.3 is 0 Å². The molecule has 2 unspecified atom stereocenters. The first-order valence-corrected chi connectivity index (χ1v) is 10.2. The molecule has 2 heterocycles. The van der Waals surface area contributed by atoms with Crippen LogP contribution >= 0.6 is 0 Å². The highest BCUT2D eigenvalue weighted by molar-refractivity contribution is 5.92. The van der Waals surface area contributed by atoms with Crippen molar-refractivity contribution in [2.24, 2.45) is 17.6 Å². The predicted octanol–water partition coefficient (Wildman–Crippen LogP) is 0.682. The third-order valence-corrected chi connectivity index (χ3v) is 5.83. The minimum absolute atomic E-state index is 0.0949. The molecule has 4 rings (SSSR count). The lowest BCUT2D eigenvalue weighted by Crippen LogP contribution is -2.20. The largest absolute Gasteiger partial charge is 0.380 e. The number of aliphatic hydroxyl groups is 1. The molecule has 0 aromatic carbocycles. The number of fused-ring (bicyclic) bond motifs is 1. The van der Waals surface area contributed by atoms with E-state index in [2.05, 4.69) is 21.9 Å². The first-order valence-electron chi connectivity index (χ1n) is 10.2. The Morgan fingerprint density at radius 2 is 2.27 bits per heavy atom. The molecule has 3 N–H and O–H groups in total. The monoisotopic (exact) mass is 407 g/mol. The van der Waals surface area contributed by atoms with Gasteiger partial charge in [-0.15, -0.1) is 0 Å². The standard InChI is InChI=1S/C22H25N5O3/c1-26(13-28)12-15-11-17(15)19(29)7-6-14-8-9-24-20(10-14)27-18-5-3-2-4-16(18)21(25-27)22(23)30/h8-10,13,15,17,19,29H,2-5,11-12H2,1H3,(H2,23,30)/t15?,17-,19?/m1/s1.